The van der Waals surface area contributed by atoms with Gasteiger partial charge in [0.2, 0.25) is 0 Å². The highest BCUT2D eigenvalue weighted by atomic mass is 31.2. The Kier molecular flexibility index (Phi) is 11.6. The topological polar surface area (TPSA) is 65.1 Å². The average molecular weight is 426 g/mol. The molecule has 0 aliphatic heterocycles. The molecule has 0 saturated heterocycles. The Morgan fingerprint density at radius 3 is 2.00 bits per heavy atom. The monoisotopic (exact) mass is 425 g/mol. The molecule has 0 aliphatic carbocycles. The molecule has 0 aromatic heterocycles. The summed E-state index contributed by atoms with van der Waals surface area (Å²) < 4.78 is 19.4. The lowest BCUT2D eigenvalue weighted by Gasteiger charge is -2.36. The van der Waals surface area contributed by atoms with Crippen LogP contribution in [-0.2, 0) is 18.8 Å². The van der Waals surface area contributed by atoms with Crippen molar-refractivity contribution in [1.82, 2.24) is 4.67 Å². The molecule has 29 heavy (non-hydrogen) atoms. The summed E-state index contributed by atoms with van der Waals surface area (Å²) in [4.78, 5) is 24.5. The number of benzene rings is 1. The zero-order valence-corrected chi connectivity index (χ0v) is 19.6. The molecule has 0 heterocycles. The highest BCUT2D eigenvalue weighted by Gasteiger charge is 2.31. The van der Waals surface area contributed by atoms with Crippen molar-refractivity contribution in [2.75, 3.05) is 13.2 Å². The fourth-order valence-corrected chi connectivity index (χ4v) is 4.92. The first-order valence-corrected chi connectivity index (χ1v) is 11.5. The Labute approximate surface area is 176 Å². The molecule has 1 rings (SSSR count). The van der Waals surface area contributed by atoms with Crippen LogP contribution in [0.5, 0.6) is 0 Å². The number of hydrogen-bond acceptors (Lipinski definition) is 6. The standard InChI is InChI=1S/C22H36NO5P/c1-8-21(24)29(23(16(2)3)17(4)5)27-15-19(7)28-18(6)14-26-22(25)20-12-10-9-11-13-20/h9-13,16-19H,8,14-15H2,1-7H3. The second-order valence-corrected chi connectivity index (χ2v) is 9.37. The summed E-state index contributed by atoms with van der Waals surface area (Å²) in [5.74, 6) is -0.369. The number of rotatable bonds is 13. The molecule has 6 nitrogen and oxygen atoms in total. The van der Waals surface area contributed by atoms with E-state index >= 15 is 0 Å². The van der Waals surface area contributed by atoms with Crippen molar-refractivity contribution in [3.05, 3.63) is 35.9 Å². The first-order valence-electron chi connectivity index (χ1n) is 10.3. The fraction of sp³-hybridized carbons (Fsp3) is 0.636. The summed E-state index contributed by atoms with van der Waals surface area (Å²) in [5, 5.41) is 0. The van der Waals surface area contributed by atoms with E-state index < -0.39 is 8.30 Å². The number of carbonyl (C=O) groups excluding carboxylic acids is 2. The van der Waals surface area contributed by atoms with Gasteiger partial charge in [0.1, 0.15) is 6.61 Å². The molecule has 0 aliphatic rings. The van der Waals surface area contributed by atoms with Crippen LogP contribution < -0.4 is 0 Å². The van der Waals surface area contributed by atoms with Gasteiger partial charge in [0.05, 0.1) is 24.4 Å². The minimum absolute atomic E-state index is 0.124. The quantitative estimate of drug-likeness (QED) is 0.327. The molecule has 7 heteroatoms. The van der Waals surface area contributed by atoms with E-state index in [9.17, 15) is 9.59 Å². The van der Waals surface area contributed by atoms with E-state index in [0.29, 0.717) is 18.6 Å². The highest BCUT2D eigenvalue weighted by molar-refractivity contribution is 7.68. The van der Waals surface area contributed by atoms with Crippen LogP contribution in [0.3, 0.4) is 0 Å². The molecule has 164 valence electrons. The molecule has 0 bridgehead atoms. The van der Waals surface area contributed by atoms with Crippen molar-refractivity contribution in [2.45, 2.75) is 79.2 Å². The lowest BCUT2D eigenvalue weighted by atomic mass is 10.2. The molecule has 0 amide bonds. The second-order valence-electron chi connectivity index (χ2n) is 7.61. The first kappa shape index (κ1) is 25.7. The number of esters is 1. The maximum Gasteiger partial charge on any atom is 0.338 e. The van der Waals surface area contributed by atoms with E-state index in [-0.39, 0.29) is 42.4 Å². The largest absolute Gasteiger partial charge is 0.459 e. The van der Waals surface area contributed by atoms with Gasteiger partial charge in [-0.3, -0.25) is 4.79 Å². The van der Waals surface area contributed by atoms with Crippen LogP contribution in [0.4, 0.5) is 0 Å². The van der Waals surface area contributed by atoms with Gasteiger partial charge in [-0.2, -0.15) is 0 Å². The number of nitrogens with zero attached hydrogens (tertiary/aromatic N) is 1. The fourth-order valence-electron chi connectivity index (χ4n) is 2.92. The molecule has 1 aromatic carbocycles. The van der Waals surface area contributed by atoms with Crippen LogP contribution in [0.25, 0.3) is 0 Å². The van der Waals surface area contributed by atoms with Crippen molar-refractivity contribution in [3.63, 3.8) is 0 Å². The molecule has 1 aromatic rings. The van der Waals surface area contributed by atoms with Gasteiger partial charge >= 0.3 is 5.97 Å². The zero-order valence-electron chi connectivity index (χ0n) is 18.8. The average Bonchev–Trinajstić information content (AvgIpc) is 2.68. The van der Waals surface area contributed by atoms with Crippen LogP contribution >= 0.6 is 8.30 Å². The van der Waals surface area contributed by atoms with Crippen LogP contribution in [0.15, 0.2) is 30.3 Å². The van der Waals surface area contributed by atoms with Crippen molar-refractivity contribution >= 4 is 19.8 Å². The van der Waals surface area contributed by atoms with E-state index in [1.165, 1.54) is 0 Å². The molecule has 0 saturated carbocycles. The SMILES string of the molecule is CCC(=O)P(OCC(C)OC(C)COC(=O)c1ccccc1)N(C(C)C)C(C)C. The minimum Gasteiger partial charge on any atom is -0.459 e. The smallest absolute Gasteiger partial charge is 0.338 e. The van der Waals surface area contributed by atoms with Gasteiger partial charge in [0, 0.05) is 18.5 Å². The summed E-state index contributed by atoms with van der Waals surface area (Å²) in [6, 6.07) is 9.29. The van der Waals surface area contributed by atoms with Gasteiger partial charge in [0.25, 0.3) is 0 Å². The van der Waals surface area contributed by atoms with E-state index in [4.69, 9.17) is 14.0 Å². The Morgan fingerprint density at radius 1 is 0.931 bits per heavy atom. The third-order valence-electron chi connectivity index (χ3n) is 4.14. The summed E-state index contributed by atoms with van der Waals surface area (Å²) >= 11 is 0. The molecular weight excluding hydrogens is 389 g/mol. The van der Waals surface area contributed by atoms with Gasteiger partial charge in [-0.25, -0.2) is 9.46 Å². The molecule has 0 N–H and O–H groups in total. The van der Waals surface area contributed by atoms with Gasteiger partial charge < -0.3 is 14.0 Å². The minimum atomic E-state index is -1.34. The summed E-state index contributed by atoms with van der Waals surface area (Å²) in [6.45, 7) is 14.4. The van der Waals surface area contributed by atoms with Gasteiger partial charge in [-0.05, 0) is 53.7 Å². The van der Waals surface area contributed by atoms with E-state index in [1.807, 2.05) is 26.8 Å². The third-order valence-corrected chi connectivity index (χ3v) is 6.62. The summed E-state index contributed by atoms with van der Waals surface area (Å²) in [6.07, 6.45) is -0.0557. The lowest BCUT2D eigenvalue weighted by molar-refractivity contribution is -0.112. The van der Waals surface area contributed by atoms with Gasteiger partial charge in [-0.15, -0.1) is 0 Å². The van der Waals surface area contributed by atoms with Gasteiger partial charge in [0.15, 0.2) is 13.8 Å². The number of ether oxygens (including phenoxy) is 2. The Bertz CT molecular complexity index is 615. The van der Waals surface area contributed by atoms with Crippen molar-refractivity contribution in [1.29, 1.82) is 0 Å². The number of carbonyl (C=O) groups is 2. The van der Waals surface area contributed by atoms with E-state index in [2.05, 4.69) is 32.4 Å². The predicted octanol–water partition coefficient (Wildman–Crippen LogP) is 5.02. The van der Waals surface area contributed by atoms with Crippen LogP contribution in [0.1, 0.15) is 65.2 Å². The van der Waals surface area contributed by atoms with Crippen LogP contribution in [-0.4, -0.2) is 53.7 Å². The lowest BCUT2D eigenvalue weighted by Crippen LogP contribution is -2.35. The normalized spacial score (nSPS) is 14.8. The Hall–Kier alpha value is -1.33. The van der Waals surface area contributed by atoms with Crippen LogP contribution in [0.2, 0.25) is 0 Å². The predicted molar refractivity (Wildman–Crippen MR) is 117 cm³/mol. The number of hydrogen-bond donors (Lipinski definition) is 0. The molecule has 0 fully saturated rings. The Morgan fingerprint density at radius 2 is 1.48 bits per heavy atom. The molecular formula is C22H36NO5P. The van der Waals surface area contributed by atoms with Gasteiger partial charge in [-0.1, -0.05) is 25.1 Å². The molecule has 0 spiro atoms. The van der Waals surface area contributed by atoms with Crippen LogP contribution in [0, 0.1) is 0 Å². The zero-order chi connectivity index (χ0) is 22.0. The summed E-state index contributed by atoms with van der Waals surface area (Å²) in [5.41, 5.74) is 0.640. The van der Waals surface area contributed by atoms with Crippen molar-refractivity contribution in [2.24, 2.45) is 0 Å². The molecule has 3 atom stereocenters. The summed E-state index contributed by atoms with van der Waals surface area (Å²) in [7, 11) is -1.34. The second kappa shape index (κ2) is 13.1. The van der Waals surface area contributed by atoms with Crippen molar-refractivity contribution < 1.29 is 23.6 Å². The van der Waals surface area contributed by atoms with Crippen molar-refractivity contribution in [3.8, 4) is 0 Å². The Balaban J connectivity index is 2.53. The molecule has 0 radical (unpaired) electrons. The van der Waals surface area contributed by atoms with E-state index in [0.717, 1.165) is 0 Å². The highest BCUT2D eigenvalue weighted by Crippen LogP contribution is 2.46. The molecule has 3 unspecified atom stereocenters. The maximum absolute atomic E-state index is 12.5. The van der Waals surface area contributed by atoms with E-state index in [1.54, 1.807) is 24.3 Å². The maximum atomic E-state index is 12.5. The first-order chi connectivity index (χ1) is 13.7. The third kappa shape index (κ3) is 8.91.